The van der Waals surface area contributed by atoms with Crippen LogP contribution in [0.25, 0.3) is 11.3 Å². The van der Waals surface area contributed by atoms with Gasteiger partial charge in [-0.1, -0.05) is 41.9 Å². The number of oxazole rings is 1. The quantitative estimate of drug-likeness (QED) is 0.338. The minimum Gasteiger partial charge on any atom is -0.460 e. The first-order chi connectivity index (χ1) is 14.4. The molecule has 0 radical (unpaired) electrons. The Morgan fingerprint density at radius 2 is 1.90 bits per heavy atom. The zero-order valence-corrected chi connectivity index (χ0v) is 18.9. The summed E-state index contributed by atoms with van der Waals surface area (Å²) in [5, 5.41) is 11.3. The van der Waals surface area contributed by atoms with Crippen LogP contribution in [-0.2, 0) is 19.1 Å². The van der Waals surface area contributed by atoms with Crippen LogP contribution in [0.15, 0.2) is 41.5 Å². The highest BCUT2D eigenvalue weighted by molar-refractivity contribution is 6.39. The molecule has 2 aromatic rings. The van der Waals surface area contributed by atoms with Crippen LogP contribution in [0.2, 0.25) is 10.0 Å². The summed E-state index contributed by atoms with van der Waals surface area (Å²) in [6, 6.07) is 4.91. The number of ether oxygens (including phenoxy) is 2. The van der Waals surface area contributed by atoms with Crippen molar-refractivity contribution in [2.45, 2.75) is 44.4 Å². The second-order valence-corrected chi connectivity index (χ2v) is 8.56. The number of hydrogen-bond donors (Lipinski definition) is 2. The number of aromatic nitrogens is 1. The van der Waals surface area contributed by atoms with Gasteiger partial charge in [-0.25, -0.2) is 14.6 Å². The smallest absolute Gasteiger partial charge is 0.338 e. The van der Waals surface area contributed by atoms with Crippen molar-refractivity contribution >= 4 is 35.1 Å². The number of benzene rings is 1. The molecule has 1 heterocycles. The molecule has 0 bridgehead atoms. The molecule has 0 aliphatic carbocycles. The van der Waals surface area contributed by atoms with E-state index in [4.69, 9.17) is 42.8 Å². The highest BCUT2D eigenvalue weighted by atomic mass is 35.5. The molecule has 1 aromatic heterocycles. The van der Waals surface area contributed by atoms with E-state index in [1.165, 1.54) is 12.3 Å². The van der Waals surface area contributed by atoms with Crippen LogP contribution in [0.3, 0.4) is 0 Å². The molecule has 1 aromatic carbocycles. The van der Waals surface area contributed by atoms with Gasteiger partial charge in [-0.15, -0.1) is 0 Å². The van der Waals surface area contributed by atoms with Crippen LogP contribution < -0.4 is 5.73 Å². The number of esters is 2. The Kier molecular flexibility index (Phi) is 7.88. The Balaban J connectivity index is 2.32. The molecule has 8 nitrogen and oxygen atoms in total. The van der Waals surface area contributed by atoms with Crippen molar-refractivity contribution in [1.29, 1.82) is 0 Å². The predicted octanol–water partition coefficient (Wildman–Crippen LogP) is 3.84. The van der Waals surface area contributed by atoms with Crippen LogP contribution in [-0.4, -0.2) is 39.8 Å². The molecule has 10 heteroatoms. The fourth-order valence-corrected chi connectivity index (χ4v) is 3.16. The number of halogens is 2. The van der Waals surface area contributed by atoms with Crippen molar-refractivity contribution in [3.63, 3.8) is 0 Å². The Morgan fingerprint density at radius 3 is 2.45 bits per heavy atom. The van der Waals surface area contributed by atoms with E-state index in [0.29, 0.717) is 15.6 Å². The van der Waals surface area contributed by atoms with Crippen molar-refractivity contribution in [3.05, 3.63) is 53.1 Å². The molecular weight excluding hydrogens is 447 g/mol. The Morgan fingerprint density at radius 1 is 1.29 bits per heavy atom. The number of aliphatic hydroxyl groups excluding tert-OH is 1. The van der Waals surface area contributed by atoms with Gasteiger partial charge in [0.05, 0.1) is 10.0 Å². The third-order valence-corrected chi connectivity index (χ3v) is 4.63. The maximum atomic E-state index is 12.7. The van der Waals surface area contributed by atoms with Gasteiger partial charge in [0.15, 0.2) is 0 Å². The second kappa shape index (κ2) is 9.82. The lowest BCUT2D eigenvalue weighted by Crippen LogP contribution is -2.58. The molecule has 0 saturated heterocycles. The number of hydrogen-bond acceptors (Lipinski definition) is 8. The SMILES string of the molecule is C=CCOC(=O)C(N)(CC(O)c1nc(-c2c(Cl)cccc2Cl)co1)C(=O)OC(C)(C)C. The molecule has 0 aliphatic heterocycles. The van der Waals surface area contributed by atoms with E-state index in [9.17, 15) is 14.7 Å². The van der Waals surface area contributed by atoms with Crippen LogP contribution >= 0.6 is 23.2 Å². The summed E-state index contributed by atoms with van der Waals surface area (Å²) in [7, 11) is 0. The van der Waals surface area contributed by atoms with Gasteiger partial charge in [0.25, 0.3) is 0 Å². The normalized spacial score (nSPS) is 14.4. The molecule has 0 amide bonds. The van der Waals surface area contributed by atoms with Crippen molar-refractivity contribution in [3.8, 4) is 11.3 Å². The van der Waals surface area contributed by atoms with Gasteiger partial charge in [0, 0.05) is 12.0 Å². The van der Waals surface area contributed by atoms with E-state index < -0.39 is 35.6 Å². The third-order valence-electron chi connectivity index (χ3n) is 4.00. The number of nitrogens with zero attached hydrogens (tertiary/aromatic N) is 1. The zero-order valence-electron chi connectivity index (χ0n) is 17.4. The van der Waals surface area contributed by atoms with E-state index in [1.54, 1.807) is 39.0 Å². The molecule has 0 aliphatic rings. The summed E-state index contributed by atoms with van der Waals surface area (Å²) in [5.41, 5.74) is 3.51. The average Bonchev–Trinajstić information content (AvgIpc) is 3.14. The second-order valence-electron chi connectivity index (χ2n) is 7.75. The first-order valence-electron chi connectivity index (χ1n) is 9.27. The van der Waals surface area contributed by atoms with E-state index in [0.717, 1.165) is 0 Å². The highest BCUT2D eigenvalue weighted by Crippen LogP contribution is 2.35. The summed E-state index contributed by atoms with van der Waals surface area (Å²) in [6.07, 6.45) is 0.419. The number of carbonyl (C=O) groups excluding carboxylic acids is 2. The highest BCUT2D eigenvalue weighted by Gasteiger charge is 2.49. The summed E-state index contributed by atoms with van der Waals surface area (Å²) < 4.78 is 15.5. The summed E-state index contributed by atoms with van der Waals surface area (Å²) >= 11 is 12.3. The largest absolute Gasteiger partial charge is 0.460 e. The Labute approximate surface area is 189 Å². The summed E-state index contributed by atoms with van der Waals surface area (Å²) in [5.74, 6) is -2.34. The topological polar surface area (TPSA) is 125 Å². The first kappa shape index (κ1) is 24.9. The van der Waals surface area contributed by atoms with Crippen LogP contribution in [0.1, 0.15) is 39.2 Å². The lowest BCUT2D eigenvalue weighted by atomic mass is 9.92. The molecule has 168 valence electrons. The van der Waals surface area contributed by atoms with Crippen LogP contribution in [0, 0.1) is 0 Å². The lowest BCUT2D eigenvalue weighted by Gasteiger charge is -2.30. The van der Waals surface area contributed by atoms with Crippen molar-refractivity contribution in [2.75, 3.05) is 6.61 Å². The molecular formula is C21H24Cl2N2O6. The Hall–Kier alpha value is -2.39. The van der Waals surface area contributed by atoms with Gasteiger partial charge in [-0.3, -0.25) is 0 Å². The van der Waals surface area contributed by atoms with Crippen molar-refractivity contribution in [2.24, 2.45) is 5.73 Å². The molecule has 2 rings (SSSR count). The molecule has 0 saturated carbocycles. The minimum atomic E-state index is -2.31. The molecule has 2 unspecified atom stereocenters. The van der Waals surface area contributed by atoms with Gasteiger partial charge < -0.3 is 24.7 Å². The fourth-order valence-electron chi connectivity index (χ4n) is 2.57. The summed E-state index contributed by atoms with van der Waals surface area (Å²) in [6.45, 7) is 8.11. The predicted molar refractivity (Wildman–Crippen MR) is 115 cm³/mol. The maximum absolute atomic E-state index is 12.7. The van der Waals surface area contributed by atoms with Crippen molar-refractivity contribution in [1.82, 2.24) is 4.98 Å². The molecule has 31 heavy (non-hydrogen) atoms. The van der Waals surface area contributed by atoms with Crippen LogP contribution in [0.4, 0.5) is 0 Å². The van der Waals surface area contributed by atoms with E-state index >= 15 is 0 Å². The molecule has 2 atom stereocenters. The van der Waals surface area contributed by atoms with Gasteiger partial charge in [-0.05, 0) is 32.9 Å². The zero-order chi connectivity index (χ0) is 23.4. The van der Waals surface area contributed by atoms with E-state index in [2.05, 4.69) is 11.6 Å². The molecule has 0 spiro atoms. The fraction of sp³-hybridized carbons (Fsp3) is 0.381. The first-order valence-corrected chi connectivity index (χ1v) is 10.0. The Bertz CT molecular complexity index is 949. The summed E-state index contributed by atoms with van der Waals surface area (Å²) in [4.78, 5) is 29.4. The van der Waals surface area contributed by atoms with E-state index in [1.807, 2.05) is 0 Å². The number of rotatable bonds is 8. The van der Waals surface area contributed by atoms with Gasteiger partial charge >= 0.3 is 11.9 Å². The minimum absolute atomic E-state index is 0.176. The van der Waals surface area contributed by atoms with Crippen LogP contribution in [0.5, 0.6) is 0 Å². The number of nitrogens with two attached hydrogens (primary N) is 1. The standard InChI is InChI=1S/C21H24Cl2N2O6/c1-5-9-29-18(27)21(24,19(28)31-20(2,3)4)10-15(26)17-25-14(11-30-17)16-12(22)7-6-8-13(16)23/h5-8,11,15,26H,1,9-10,24H2,2-4H3. The third kappa shape index (κ3) is 6.07. The maximum Gasteiger partial charge on any atom is 0.338 e. The van der Waals surface area contributed by atoms with Crippen molar-refractivity contribution < 1.29 is 28.6 Å². The number of aliphatic hydroxyl groups is 1. The van der Waals surface area contributed by atoms with Gasteiger partial charge in [0.2, 0.25) is 11.4 Å². The lowest BCUT2D eigenvalue weighted by molar-refractivity contribution is -0.173. The van der Waals surface area contributed by atoms with E-state index in [-0.39, 0.29) is 18.2 Å². The average molecular weight is 471 g/mol. The molecule has 0 fully saturated rings. The van der Waals surface area contributed by atoms with Gasteiger partial charge in [0.1, 0.15) is 30.3 Å². The van der Waals surface area contributed by atoms with Gasteiger partial charge in [-0.2, -0.15) is 0 Å². The number of carbonyl (C=O) groups is 2. The monoisotopic (exact) mass is 470 g/mol. The molecule has 3 N–H and O–H groups in total.